The van der Waals surface area contributed by atoms with Crippen LogP contribution in [0, 0.1) is 0 Å². The van der Waals surface area contributed by atoms with E-state index in [0.717, 1.165) is 28.3 Å². The zero-order valence-electron chi connectivity index (χ0n) is 14.6. The number of hydrogen-bond donors (Lipinski definition) is 1. The summed E-state index contributed by atoms with van der Waals surface area (Å²) in [6, 6.07) is 19.4. The molecule has 27 heavy (non-hydrogen) atoms. The van der Waals surface area contributed by atoms with Gasteiger partial charge in [-0.1, -0.05) is 24.3 Å². The number of carbonyl (C=O) groups excluding carboxylic acids is 1. The third-order valence-electron chi connectivity index (χ3n) is 4.11. The summed E-state index contributed by atoms with van der Waals surface area (Å²) in [6.45, 7) is 0.521. The van der Waals surface area contributed by atoms with Crippen LogP contribution in [0.4, 0.5) is 0 Å². The minimum absolute atomic E-state index is 0.122. The lowest BCUT2D eigenvalue weighted by molar-refractivity contribution is -0.122. The summed E-state index contributed by atoms with van der Waals surface area (Å²) >= 11 is 0. The first-order valence-corrected chi connectivity index (χ1v) is 8.62. The molecule has 0 unspecified atom stereocenters. The topological polar surface area (TPSA) is 73.0 Å². The summed E-state index contributed by atoms with van der Waals surface area (Å²) in [7, 11) is 0. The lowest BCUT2D eigenvalue weighted by Crippen LogP contribution is -2.27. The summed E-state index contributed by atoms with van der Waals surface area (Å²) in [5.74, 6) is 0.596. The molecule has 6 heteroatoms. The highest BCUT2D eigenvalue weighted by Crippen LogP contribution is 2.23. The van der Waals surface area contributed by atoms with Gasteiger partial charge in [-0.05, 0) is 36.4 Å². The molecule has 1 amide bonds. The van der Waals surface area contributed by atoms with E-state index in [-0.39, 0.29) is 12.5 Å². The molecule has 6 nitrogen and oxygen atoms in total. The van der Waals surface area contributed by atoms with E-state index in [1.807, 2.05) is 54.6 Å². The largest absolute Gasteiger partial charge is 0.467 e. The van der Waals surface area contributed by atoms with Crippen LogP contribution in [0.15, 0.2) is 83.7 Å². The maximum atomic E-state index is 12.1. The lowest BCUT2D eigenvalue weighted by atomic mass is 10.1. The average molecular weight is 358 g/mol. The predicted octanol–water partition coefficient (Wildman–Crippen LogP) is 3.52. The summed E-state index contributed by atoms with van der Waals surface area (Å²) in [4.78, 5) is 16.5. The van der Waals surface area contributed by atoms with E-state index in [4.69, 9.17) is 4.42 Å². The molecule has 0 aliphatic rings. The van der Waals surface area contributed by atoms with Crippen LogP contribution in [0.1, 0.15) is 5.76 Å². The van der Waals surface area contributed by atoms with Gasteiger partial charge in [0.15, 0.2) is 0 Å². The maximum absolute atomic E-state index is 12.1. The molecule has 0 atom stereocenters. The second-order valence-corrected chi connectivity index (χ2v) is 6.05. The first-order valence-electron chi connectivity index (χ1n) is 8.62. The van der Waals surface area contributed by atoms with Gasteiger partial charge in [-0.2, -0.15) is 5.10 Å². The number of nitrogens with zero attached hydrogens (tertiary/aromatic N) is 3. The van der Waals surface area contributed by atoms with Gasteiger partial charge in [0, 0.05) is 23.5 Å². The molecular formula is C21H18N4O2. The number of carbonyl (C=O) groups is 1. The molecular weight excluding hydrogens is 340 g/mol. The number of pyridine rings is 1. The highest BCUT2D eigenvalue weighted by atomic mass is 16.3. The normalized spacial score (nSPS) is 10.7. The Morgan fingerprint density at radius 2 is 1.89 bits per heavy atom. The van der Waals surface area contributed by atoms with E-state index in [1.54, 1.807) is 29.4 Å². The third-order valence-corrected chi connectivity index (χ3v) is 4.11. The monoisotopic (exact) mass is 358 g/mol. The van der Waals surface area contributed by atoms with Gasteiger partial charge in [-0.25, -0.2) is 0 Å². The lowest BCUT2D eigenvalue weighted by Gasteiger charge is -2.04. The molecule has 0 saturated heterocycles. The zero-order chi connectivity index (χ0) is 18.5. The third kappa shape index (κ3) is 4.12. The van der Waals surface area contributed by atoms with E-state index in [9.17, 15) is 4.79 Å². The number of nitrogens with one attached hydrogen (secondary N) is 1. The average Bonchev–Trinajstić information content (AvgIpc) is 3.39. The van der Waals surface area contributed by atoms with Gasteiger partial charge < -0.3 is 9.73 Å². The first-order chi connectivity index (χ1) is 13.3. The second-order valence-electron chi connectivity index (χ2n) is 6.05. The highest BCUT2D eigenvalue weighted by Gasteiger charge is 2.08. The molecule has 0 radical (unpaired) electrons. The van der Waals surface area contributed by atoms with Crippen LogP contribution >= 0.6 is 0 Å². The van der Waals surface area contributed by atoms with Gasteiger partial charge in [0.05, 0.1) is 24.2 Å². The van der Waals surface area contributed by atoms with Crippen LogP contribution in [-0.2, 0) is 17.9 Å². The van der Waals surface area contributed by atoms with Gasteiger partial charge in [0.1, 0.15) is 12.3 Å². The van der Waals surface area contributed by atoms with E-state index in [0.29, 0.717) is 6.54 Å². The van der Waals surface area contributed by atoms with Crippen molar-refractivity contribution in [3.05, 3.63) is 85.1 Å². The number of rotatable bonds is 6. The van der Waals surface area contributed by atoms with Crippen molar-refractivity contribution >= 4 is 5.91 Å². The van der Waals surface area contributed by atoms with Crippen LogP contribution < -0.4 is 5.32 Å². The van der Waals surface area contributed by atoms with Crippen LogP contribution in [-0.4, -0.2) is 20.7 Å². The standard InChI is InChI=1S/C21H18N4O2/c26-21(23-14-18-7-4-12-27-18)15-25-11-9-20(24-25)17-6-3-5-16(13-17)19-8-1-2-10-22-19/h1-13H,14-15H2,(H,23,26). The molecule has 0 fully saturated rings. The van der Waals surface area contributed by atoms with E-state index in [2.05, 4.69) is 15.4 Å². The summed E-state index contributed by atoms with van der Waals surface area (Å²) in [6.07, 6.45) is 5.16. The fourth-order valence-corrected chi connectivity index (χ4v) is 2.78. The van der Waals surface area contributed by atoms with Crippen molar-refractivity contribution in [3.8, 4) is 22.5 Å². The Bertz CT molecular complexity index is 1020. The minimum atomic E-state index is -0.122. The van der Waals surface area contributed by atoms with E-state index in [1.165, 1.54) is 0 Å². The fraction of sp³-hybridized carbons (Fsp3) is 0.0952. The number of amides is 1. The molecule has 134 valence electrons. The molecule has 3 aromatic heterocycles. The van der Waals surface area contributed by atoms with Crippen LogP contribution in [0.2, 0.25) is 0 Å². The van der Waals surface area contributed by atoms with E-state index >= 15 is 0 Å². The van der Waals surface area contributed by atoms with Crippen molar-refractivity contribution in [2.24, 2.45) is 0 Å². The van der Waals surface area contributed by atoms with Gasteiger partial charge in [0.25, 0.3) is 0 Å². The van der Waals surface area contributed by atoms with E-state index < -0.39 is 0 Å². The molecule has 3 heterocycles. The molecule has 1 N–H and O–H groups in total. The molecule has 1 aromatic carbocycles. The number of hydrogen-bond acceptors (Lipinski definition) is 4. The second kappa shape index (κ2) is 7.70. The van der Waals surface area contributed by atoms with Crippen molar-refractivity contribution in [2.45, 2.75) is 13.1 Å². The Hall–Kier alpha value is -3.67. The van der Waals surface area contributed by atoms with Crippen molar-refractivity contribution in [3.63, 3.8) is 0 Å². The SMILES string of the molecule is O=C(Cn1ccc(-c2cccc(-c3ccccn3)c2)n1)NCc1ccco1. The molecule has 0 spiro atoms. The highest BCUT2D eigenvalue weighted by molar-refractivity contribution is 5.75. The van der Waals surface area contributed by atoms with Gasteiger partial charge in [0.2, 0.25) is 5.91 Å². The molecule has 0 aliphatic carbocycles. The quantitative estimate of drug-likeness (QED) is 0.572. The number of furan rings is 1. The number of benzene rings is 1. The van der Waals surface area contributed by atoms with Crippen molar-refractivity contribution in [1.29, 1.82) is 0 Å². The maximum Gasteiger partial charge on any atom is 0.242 e. The summed E-state index contributed by atoms with van der Waals surface area (Å²) < 4.78 is 6.83. The first kappa shape index (κ1) is 16.8. The van der Waals surface area contributed by atoms with Crippen LogP contribution in [0.3, 0.4) is 0 Å². The Morgan fingerprint density at radius 1 is 1.00 bits per heavy atom. The fourth-order valence-electron chi connectivity index (χ4n) is 2.78. The van der Waals surface area contributed by atoms with Crippen molar-refractivity contribution < 1.29 is 9.21 Å². The Kier molecular flexibility index (Phi) is 4.78. The zero-order valence-corrected chi connectivity index (χ0v) is 14.6. The molecule has 0 aliphatic heterocycles. The molecule has 4 rings (SSSR count). The van der Waals surface area contributed by atoms with Crippen LogP contribution in [0.5, 0.6) is 0 Å². The van der Waals surface area contributed by atoms with Gasteiger partial charge >= 0.3 is 0 Å². The smallest absolute Gasteiger partial charge is 0.242 e. The van der Waals surface area contributed by atoms with Gasteiger partial charge in [-0.3, -0.25) is 14.5 Å². The molecule has 0 saturated carbocycles. The van der Waals surface area contributed by atoms with Crippen molar-refractivity contribution in [1.82, 2.24) is 20.1 Å². The molecule has 4 aromatic rings. The predicted molar refractivity (Wildman–Crippen MR) is 101 cm³/mol. The Morgan fingerprint density at radius 3 is 2.67 bits per heavy atom. The minimum Gasteiger partial charge on any atom is -0.467 e. The summed E-state index contributed by atoms with van der Waals surface area (Å²) in [5.41, 5.74) is 3.73. The number of aromatic nitrogens is 3. The van der Waals surface area contributed by atoms with Crippen molar-refractivity contribution in [2.75, 3.05) is 0 Å². The Balaban J connectivity index is 1.44. The summed E-state index contributed by atoms with van der Waals surface area (Å²) in [5, 5.41) is 7.32. The van der Waals surface area contributed by atoms with Gasteiger partial charge in [-0.15, -0.1) is 0 Å². The molecule has 0 bridgehead atoms. The van der Waals surface area contributed by atoms with Crippen LogP contribution in [0.25, 0.3) is 22.5 Å². The Labute approximate surface area is 156 Å².